The Labute approximate surface area is 191 Å². The number of fused-ring (bicyclic) bond motifs is 3. The van der Waals surface area contributed by atoms with Crippen molar-refractivity contribution in [1.82, 2.24) is 15.5 Å². The molecule has 1 atom stereocenters. The number of benzene rings is 2. The van der Waals surface area contributed by atoms with Crippen LogP contribution in [0.3, 0.4) is 0 Å². The molecule has 0 spiro atoms. The summed E-state index contributed by atoms with van der Waals surface area (Å²) in [5, 5.41) is 19.7. The summed E-state index contributed by atoms with van der Waals surface area (Å²) in [6.45, 7) is 2.14. The molecule has 5 rings (SSSR count). The standard InChI is InChI=1S/C25H23N5O3/c1-15(31)27-13-20-14-30(25(32)33-20)19-8-9-21-17(11-19)5-3-7-22-23(28-29-24(21)22)18-6-2-4-16(10-18)12-26/h2,4,6,8-11,20H,3,5,7,13-14H2,1H3,(H,27,31)(H,28,29)/t20-/m0/s1. The van der Waals surface area contributed by atoms with Crippen molar-refractivity contribution in [3.8, 4) is 28.6 Å². The molecule has 8 heteroatoms. The lowest BCUT2D eigenvalue weighted by Crippen LogP contribution is -2.33. The maximum absolute atomic E-state index is 12.4. The van der Waals surface area contributed by atoms with Gasteiger partial charge in [0.25, 0.3) is 0 Å². The van der Waals surface area contributed by atoms with Gasteiger partial charge in [-0.05, 0) is 49.1 Å². The molecule has 1 aliphatic heterocycles. The topological polar surface area (TPSA) is 111 Å². The van der Waals surface area contributed by atoms with Crippen LogP contribution < -0.4 is 10.2 Å². The van der Waals surface area contributed by atoms with Crippen molar-refractivity contribution in [2.45, 2.75) is 32.3 Å². The average molecular weight is 441 g/mol. The normalized spacial score (nSPS) is 16.9. The van der Waals surface area contributed by atoms with Crippen molar-refractivity contribution in [1.29, 1.82) is 5.26 Å². The molecule has 1 fully saturated rings. The summed E-state index contributed by atoms with van der Waals surface area (Å²) in [6.07, 6.45) is 1.92. The second kappa shape index (κ2) is 8.43. The van der Waals surface area contributed by atoms with Crippen LogP contribution in [-0.4, -0.2) is 41.4 Å². The Hall–Kier alpha value is -4.12. The molecule has 1 aromatic heterocycles. The summed E-state index contributed by atoms with van der Waals surface area (Å²) in [6, 6.07) is 15.7. The molecular weight excluding hydrogens is 418 g/mol. The van der Waals surface area contributed by atoms with Crippen LogP contribution in [0.15, 0.2) is 42.5 Å². The maximum atomic E-state index is 12.4. The predicted molar refractivity (Wildman–Crippen MR) is 122 cm³/mol. The van der Waals surface area contributed by atoms with Crippen LogP contribution in [0.5, 0.6) is 0 Å². The monoisotopic (exact) mass is 441 g/mol. The molecule has 1 aliphatic carbocycles. The largest absolute Gasteiger partial charge is 0.442 e. The van der Waals surface area contributed by atoms with Crippen LogP contribution in [-0.2, 0) is 22.4 Å². The van der Waals surface area contributed by atoms with Crippen molar-refractivity contribution in [3.05, 3.63) is 59.2 Å². The van der Waals surface area contributed by atoms with Crippen molar-refractivity contribution in [3.63, 3.8) is 0 Å². The average Bonchev–Trinajstić information content (AvgIpc) is 3.36. The van der Waals surface area contributed by atoms with Crippen molar-refractivity contribution < 1.29 is 14.3 Å². The lowest BCUT2D eigenvalue weighted by molar-refractivity contribution is -0.119. The summed E-state index contributed by atoms with van der Waals surface area (Å²) in [5.74, 6) is -0.149. The van der Waals surface area contributed by atoms with E-state index >= 15 is 0 Å². The van der Waals surface area contributed by atoms with Gasteiger partial charge in [0.2, 0.25) is 5.91 Å². The van der Waals surface area contributed by atoms with Crippen LogP contribution in [0, 0.1) is 11.3 Å². The fraction of sp³-hybridized carbons (Fsp3) is 0.280. The molecule has 2 aromatic carbocycles. The minimum atomic E-state index is -0.402. The van der Waals surface area contributed by atoms with E-state index in [2.05, 4.69) is 21.6 Å². The van der Waals surface area contributed by atoms with Gasteiger partial charge in [0.15, 0.2) is 0 Å². The number of aryl methyl sites for hydroxylation is 1. The molecule has 0 bridgehead atoms. The zero-order valence-corrected chi connectivity index (χ0v) is 18.2. The Bertz CT molecular complexity index is 1290. The lowest BCUT2D eigenvalue weighted by atomic mass is 9.98. The van der Waals surface area contributed by atoms with E-state index in [0.29, 0.717) is 18.7 Å². The molecule has 33 heavy (non-hydrogen) atoms. The summed E-state index contributed by atoms with van der Waals surface area (Å²) in [7, 11) is 0. The first-order valence-corrected chi connectivity index (χ1v) is 11.0. The molecular formula is C25H23N5O3. The Balaban J connectivity index is 1.44. The van der Waals surface area contributed by atoms with Gasteiger partial charge in [-0.15, -0.1) is 0 Å². The Kier molecular flexibility index (Phi) is 5.31. The molecule has 0 saturated carbocycles. The van der Waals surface area contributed by atoms with Crippen molar-refractivity contribution in [2.24, 2.45) is 0 Å². The van der Waals surface area contributed by atoms with Gasteiger partial charge in [-0.1, -0.05) is 18.2 Å². The number of H-pyrrole nitrogens is 1. The third-order valence-corrected chi connectivity index (χ3v) is 6.13. The fourth-order valence-electron chi connectivity index (χ4n) is 4.56. The number of amides is 2. The van der Waals surface area contributed by atoms with E-state index in [1.165, 1.54) is 6.92 Å². The molecule has 2 amide bonds. The van der Waals surface area contributed by atoms with Crippen LogP contribution in [0.1, 0.15) is 30.0 Å². The molecule has 0 radical (unpaired) electrons. The summed E-state index contributed by atoms with van der Waals surface area (Å²) in [4.78, 5) is 25.2. The van der Waals surface area contributed by atoms with Crippen molar-refractivity contribution >= 4 is 17.7 Å². The van der Waals surface area contributed by atoms with E-state index in [-0.39, 0.29) is 12.0 Å². The first kappa shape index (κ1) is 20.8. The third kappa shape index (κ3) is 3.94. The first-order chi connectivity index (χ1) is 16.0. The fourth-order valence-corrected chi connectivity index (χ4v) is 4.56. The van der Waals surface area contributed by atoms with E-state index in [0.717, 1.165) is 58.6 Å². The smallest absolute Gasteiger partial charge is 0.414 e. The second-order valence-corrected chi connectivity index (χ2v) is 8.37. The molecule has 166 valence electrons. The quantitative estimate of drug-likeness (QED) is 0.643. The van der Waals surface area contributed by atoms with Gasteiger partial charge >= 0.3 is 6.09 Å². The highest BCUT2D eigenvalue weighted by molar-refractivity contribution is 5.91. The van der Waals surface area contributed by atoms with E-state index in [9.17, 15) is 14.9 Å². The SMILES string of the molecule is CC(=O)NC[C@H]1CN(c2ccc3c(c2)CCCc2c(-c4cccc(C#N)c4)n[nH]c2-3)C(=O)O1. The predicted octanol–water partition coefficient (Wildman–Crippen LogP) is 3.57. The van der Waals surface area contributed by atoms with Gasteiger partial charge in [-0.2, -0.15) is 10.4 Å². The van der Waals surface area contributed by atoms with Gasteiger partial charge in [0, 0.05) is 29.3 Å². The van der Waals surface area contributed by atoms with Gasteiger partial charge in [-0.25, -0.2) is 4.79 Å². The van der Waals surface area contributed by atoms with Gasteiger partial charge in [0.05, 0.1) is 36.1 Å². The van der Waals surface area contributed by atoms with Gasteiger partial charge in [0.1, 0.15) is 6.10 Å². The van der Waals surface area contributed by atoms with E-state index in [4.69, 9.17) is 4.74 Å². The van der Waals surface area contributed by atoms with Crippen LogP contribution in [0.25, 0.3) is 22.5 Å². The first-order valence-electron chi connectivity index (χ1n) is 11.0. The summed E-state index contributed by atoms with van der Waals surface area (Å²) >= 11 is 0. The number of carbonyl (C=O) groups is 2. The maximum Gasteiger partial charge on any atom is 0.414 e. The number of aromatic amines is 1. The number of ether oxygens (including phenoxy) is 1. The van der Waals surface area contributed by atoms with Crippen LogP contribution in [0.4, 0.5) is 10.5 Å². The molecule has 0 unspecified atom stereocenters. The second-order valence-electron chi connectivity index (χ2n) is 8.37. The Morgan fingerprint density at radius 2 is 2.18 bits per heavy atom. The molecule has 3 aromatic rings. The van der Waals surface area contributed by atoms with Gasteiger partial charge < -0.3 is 10.1 Å². The summed E-state index contributed by atoms with van der Waals surface area (Å²) < 4.78 is 5.41. The van der Waals surface area contributed by atoms with Crippen LogP contribution >= 0.6 is 0 Å². The molecule has 2 heterocycles. The molecule has 2 aliphatic rings. The number of anilines is 1. The molecule has 8 nitrogen and oxygen atoms in total. The Morgan fingerprint density at radius 1 is 1.30 bits per heavy atom. The highest BCUT2D eigenvalue weighted by Crippen LogP contribution is 2.38. The van der Waals surface area contributed by atoms with Gasteiger partial charge in [-0.3, -0.25) is 14.8 Å². The third-order valence-electron chi connectivity index (χ3n) is 6.13. The Morgan fingerprint density at radius 3 is 3.00 bits per heavy atom. The van der Waals surface area contributed by atoms with E-state index in [1.807, 2.05) is 36.4 Å². The highest BCUT2D eigenvalue weighted by atomic mass is 16.6. The number of nitrogens with one attached hydrogen (secondary N) is 2. The zero-order chi connectivity index (χ0) is 22.9. The molecule has 2 N–H and O–H groups in total. The number of carbonyl (C=O) groups excluding carboxylic acids is 2. The van der Waals surface area contributed by atoms with Crippen LogP contribution in [0.2, 0.25) is 0 Å². The highest BCUT2D eigenvalue weighted by Gasteiger charge is 2.33. The van der Waals surface area contributed by atoms with E-state index < -0.39 is 6.09 Å². The molecule has 1 saturated heterocycles. The number of rotatable bonds is 4. The number of nitrogens with zero attached hydrogens (tertiary/aromatic N) is 3. The summed E-state index contributed by atoms with van der Waals surface area (Å²) in [5.41, 5.74) is 7.55. The number of cyclic esters (lactones) is 1. The number of aromatic nitrogens is 2. The zero-order valence-electron chi connectivity index (χ0n) is 18.2. The lowest BCUT2D eigenvalue weighted by Gasteiger charge is -2.16. The van der Waals surface area contributed by atoms with Crippen molar-refractivity contribution in [2.75, 3.05) is 18.0 Å². The minimum absolute atomic E-state index is 0.149. The minimum Gasteiger partial charge on any atom is -0.442 e. The van der Waals surface area contributed by atoms with E-state index in [1.54, 1.807) is 11.0 Å². The number of hydrogen-bond acceptors (Lipinski definition) is 5. The number of nitriles is 1. The number of hydrogen-bond donors (Lipinski definition) is 2.